The molecule has 0 fully saturated rings. The molecular formula is C12H9ClN4O3. The van der Waals surface area contributed by atoms with E-state index in [2.05, 4.69) is 15.5 Å². The van der Waals surface area contributed by atoms with E-state index in [1.165, 1.54) is 24.4 Å². The van der Waals surface area contributed by atoms with Crippen molar-refractivity contribution < 1.29 is 9.72 Å². The van der Waals surface area contributed by atoms with Crippen LogP contribution in [0.4, 0.5) is 5.69 Å². The largest absolute Gasteiger partial charge is 0.346 e. The van der Waals surface area contributed by atoms with Gasteiger partial charge in [-0.2, -0.15) is 10.2 Å². The van der Waals surface area contributed by atoms with Gasteiger partial charge in [-0.3, -0.25) is 14.9 Å². The van der Waals surface area contributed by atoms with E-state index in [1.54, 1.807) is 12.1 Å². The van der Waals surface area contributed by atoms with Crippen LogP contribution in [0.1, 0.15) is 16.1 Å². The number of aromatic nitrogens is 2. The second-order valence-electron chi connectivity index (χ2n) is 3.79. The molecule has 0 radical (unpaired) electrons. The van der Waals surface area contributed by atoms with E-state index >= 15 is 0 Å². The van der Waals surface area contributed by atoms with Crippen molar-refractivity contribution >= 4 is 23.2 Å². The summed E-state index contributed by atoms with van der Waals surface area (Å²) >= 11 is 5.74. The molecule has 8 heteroatoms. The van der Waals surface area contributed by atoms with E-state index in [0.29, 0.717) is 5.69 Å². The molecule has 0 bridgehead atoms. The van der Waals surface area contributed by atoms with Gasteiger partial charge in [0, 0.05) is 6.20 Å². The van der Waals surface area contributed by atoms with Crippen molar-refractivity contribution in [2.75, 3.05) is 0 Å². The Morgan fingerprint density at radius 2 is 2.15 bits per heavy atom. The third-order valence-electron chi connectivity index (χ3n) is 2.47. The first-order valence-electron chi connectivity index (χ1n) is 5.57. The molecule has 0 aliphatic heterocycles. The van der Waals surface area contributed by atoms with Crippen LogP contribution in [0.15, 0.2) is 36.5 Å². The zero-order valence-corrected chi connectivity index (χ0v) is 10.9. The molecule has 0 spiro atoms. The van der Waals surface area contributed by atoms with Gasteiger partial charge in [-0.05, 0) is 24.3 Å². The van der Waals surface area contributed by atoms with Gasteiger partial charge in [0.15, 0.2) is 0 Å². The van der Waals surface area contributed by atoms with Gasteiger partial charge >= 0.3 is 5.69 Å². The second-order valence-corrected chi connectivity index (χ2v) is 4.20. The second kappa shape index (κ2) is 6.07. The lowest BCUT2D eigenvalue weighted by atomic mass is 10.1. The molecule has 0 atom stereocenters. The molecule has 2 aromatic rings. The van der Waals surface area contributed by atoms with E-state index in [9.17, 15) is 14.9 Å². The Hall–Kier alpha value is -2.54. The van der Waals surface area contributed by atoms with E-state index in [0.717, 1.165) is 0 Å². The molecule has 0 saturated heterocycles. The summed E-state index contributed by atoms with van der Waals surface area (Å²) in [5, 5.41) is 20.9. The molecule has 0 saturated carbocycles. The Labute approximate surface area is 118 Å². The normalized spacial score (nSPS) is 10.1. The number of carbonyl (C=O) groups is 1. The molecule has 1 amide bonds. The molecule has 2 rings (SSSR count). The first kappa shape index (κ1) is 13.9. The average molecular weight is 293 g/mol. The lowest BCUT2D eigenvalue weighted by Crippen LogP contribution is -2.24. The number of nitrogens with one attached hydrogen (secondary N) is 1. The zero-order chi connectivity index (χ0) is 14.5. The Morgan fingerprint density at radius 1 is 1.35 bits per heavy atom. The highest BCUT2D eigenvalue weighted by molar-refractivity contribution is 6.33. The number of carbonyl (C=O) groups excluding carboxylic acids is 1. The van der Waals surface area contributed by atoms with Crippen molar-refractivity contribution in [1.29, 1.82) is 0 Å². The van der Waals surface area contributed by atoms with Gasteiger partial charge in [-0.25, -0.2) is 0 Å². The van der Waals surface area contributed by atoms with Gasteiger partial charge in [0.1, 0.15) is 10.6 Å². The first-order chi connectivity index (χ1) is 9.59. The fourth-order valence-electron chi connectivity index (χ4n) is 1.58. The maximum absolute atomic E-state index is 12.0. The van der Waals surface area contributed by atoms with Crippen molar-refractivity contribution in [3.8, 4) is 0 Å². The molecule has 0 aliphatic rings. The van der Waals surface area contributed by atoms with Crippen molar-refractivity contribution in [2.24, 2.45) is 0 Å². The zero-order valence-electron chi connectivity index (χ0n) is 10.1. The first-order valence-corrected chi connectivity index (χ1v) is 5.95. The number of para-hydroxylation sites is 1. The maximum Gasteiger partial charge on any atom is 0.300 e. The van der Waals surface area contributed by atoms with Gasteiger partial charge < -0.3 is 5.32 Å². The Balaban J connectivity index is 2.18. The fraction of sp³-hybridized carbons (Fsp3) is 0.0833. The number of amides is 1. The van der Waals surface area contributed by atoms with E-state index in [1.807, 2.05) is 0 Å². The van der Waals surface area contributed by atoms with Crippen LogP contribution in [0.5, 0.6) is 0 Å². The molecule has 1 aromatic heterocycles. The highest BCUT2D eigenvalue weighted by Gasteiger charge is 2.23. The summed E-state index contributed by atoms with van der Waals surface area (Å²) in [6.07, 6.45) is 1.51. The number of nitro groups is 1. The third kappa shape index (κ3) is 3.07. The molecule has 7 nitrogen and oxygen atoms in total. The van der Waals surface area contributed by atoms with Crippen molar-refractivity contribution in [3.63, 3.8) is 0 Å². The molecule has 102 valence electrons. The number of halogens is 1. The highest BCUT2D eigenvalue weighted by atomic mass is 35.5. The monoisotopic (exact) mass is 292 g/mol. The minimum Gasteiger partial charge on any atom is -0.346 e. The number of nitro benzene ring substituents is 1. The third-order valence-corrected chi connectivity index (χ3v) is 2.78. The summed E-state index contributed by atoms with van der Waals surface area (Å²) in [6.45, 7) is 0.121. The van der Waals surface area contributed by atoms with Crippen LogP contribution in [0.2, 0.25) is 5.02 Å². The van der Waals surface area contributed by atoms with Gasteiger partial charge in [0.2, 0.25) is 0 Å². The lowest BCUT2D eigenvalue weighted by molar-refractivity contribution is -0.385. The van der Waals surface area contributed by atoms with Crippen LogP contribution in [0, 0.1) is 10.1 Å². The highest BCUT2D eigenvalue weighted by Crippen LogP contribution is 2.27. The predicted molar refractivity (Wildman–Crippen MR) is 71.3 cm³/mol. The topological polar surface area (TPSA) is 98.0 Å². The van der Waals surface area contributed by atoms with Gasteiger partial charge in [0.05, 0.1) is 17.2 Å². The molecule has 1 aromatic carbocycles. The van der Waals surface area contributed by atoms with Crippen LogP contribution >= 0.6 is 11.6 Å². The SMILES string of the molecule is O=C(NCc1cccnn1)c1cccc(Cl)c1[N+](=O)[O-]. The fourth-order valence-corrected chi connectivity index (χ4v) is 1.82. The molecule has 0 unspecified atom stereocenters. The Bertz CT molecular complexity index is 648. The smallest absolute Gasteiger partial charge is 0.300 e. The van der Waals surface area contributed by atoms with E-state index in [4.69, 9.17) is 11.6 Å². The van der Waals surface area contributed by atoms with Crippen LogP contribution in [-0.2, 0) is 6.54 Å². The van der Waals surface area contributed by atoms with Crippen molar-refractivity contribution in [2.45, 2.75) is 6.54 Å². The minimum absolute atomic E-state index is 0.0813. The molecule has 1 heterocycles. The summed E-state index contributed by atoms with van der Waals surface area (Å²) in [6, 6.07) is 7.54. The van der Waals surface area contributed by atoms with Crippen LogP contribution in [0.3, 0.4) is 0 Å². The number of nitrogens with zero attached hydrogens (tertiary/aromatic N) is 3. The summed E-state index contributed by atoms with van der Waals surface area (Å²) in [5.74, 6) is -0.593. The summed E-state index contributed by atoms with van der Waals surface area (Å²) < 4.78 is 0. The number of benzene rings is 1. The Kier molecular flexibility index (Phi) is 4.21. The molecular weight excluding hydrogens is 284 g/mol. The molecule has 20 heavy (non-hydrogen) atoms. The lowest BCUT2D eigenvalue weighted by Gasteiger charge is -2.05. The summed E-state index contributed by atoms with van der Waals surface area (Å²) in [5.41, 5.74) is 0.0442. The minimum atomic E-state index is -0.681. The van der Waals surface area contributed by atoms with Gasteiger partial charge in [-0.1, -0.05) is 17.7 Å². The van der Waals surface area contributed by atoms with Crippen LogP contribution in [0.25, 0.3) is 0 Å². The van der Waals surface area contributed by atoms with E-state index < -0.39 is 16.5 Å². The van der Waals surface area contributed by atoms with E-state index in [-0.39, 0.29) is 17.1 Å². The average Bonchev–Trinajstić information content (AvgIpc) is 2.45. The number of hydrogen-bond acceptors (Lipinski definition) is 5. The van der Waals surface area contributed by atoms with Crippen molar-refractivity contribution in [3.05, 3.63) is 62.9 Å². The number of hydrogen-bond donors (Lipinski definition) is 1. The Morgan fingerprint density at radius 3 is 2.80 bits per heavy atom. The van der Waals surface area contributed by atoms with Gasteiger partial charge in [0.25, 0.3) is 5.91 Å². The van der Waals surface area contributed by atoms with Crippen LogP contribution < -0.4 is 5.32 Å². The van der Waals surface area contributed by atoms with Crippen LogP contribution in [-0.4, -0.2) is 21.0 Å². The summed E-state index contributed by atoms with van der Waals surface area (Å²) in [7, 11) is 0. The number of rotatable bonds is 4. The standard InChI is InChI=1S/C12H9ClN4O3/c13-10-5-1-4-9(11(10)17(19)20)12(18)14-7-8-3-2-6-15-16-8/h1-6H,7H2,(H,14,18). The molecule has 0 aliphatic carbocycles. The summed E-state index contributed by atoms with van der Waals surface area (Å²) in [4.78, 5) is 22.2. The quantitative estimate of drug-likeness (QED) is 0.686. The predicted octanol–water partition coefficient (Wildman–Crippen LogP) is 1.97. The molecule has 1 N–H and O–H groups in total. The maximum atomic E-state index is 12.0. The van der Waals surface area contributed by atoms with Crippen molar-refractivity contribution in [1.82, 2.24) is 15.5 Å². The van der Waals surface area contributed by atoms with Gasteiger partial charge in [-0.15, -0.1) is 0 Å².